The number of hydrogen-bond donors (Lipinski definition) is 0. The molecule has 0 saturated carbocycles. The van der Waals surface area contributed by atoms with Gasteiger partial charge in [0.25, 0.3) is 0 Å². The van der Waals surface area contributed by atoms with Gasteiger partial charge in [-0.3, -0.25) is 0 Å². The van der Waals surface area contributed by atoms with Gasteiger partial charge in [0.05, 0.1) is 24.9 Å². The van der Waals surface area contributed by atoms with Crippen molar-refractivity contribution in [1.82, 2.24) is 0 Å². The predicted octanol–water partition coefficient (Wildman–Crippen LogP) is 4.28. The summed E-state index contributed by atoms with van der Waals surface area (Å²) in [6.45, 7) is 21.9. The molecule has 8 heteroatoms. The van der Waals surface area contributed by atoms with Crippen molar-refractivity contribution in [3.05, 3.63) is 0 Å². The zero-order chi connectivity index (χ0) is 22.5. The van der Waals surface area contributed by atoms with E-state index < -0.39 is 0 Å². The SMILES string of the molecule is C[C@H](C=O)[C@H]1O[C@H](CO[Si]C(C)(C)C)[C@H](O[Si]C(C)(C)C)C[C@@H]1O[Si]C(C)(C)C. The first kappa shape index (κ1) is 27.2. The van der Waals surface area contributed by atoms with E-state index >= 15 is 0 Å². The van der Waals surface area contributed by atoms with Gasteiger partial charge in [0.1, 0.15) is 12.4 Å². The summed E-state index contributed by atoms with van der Waals surface area (Å²) in [4.78, 5) is 11.5. The maximum Gasteiger partial charge on any atom is 0.236 e. The molecule has 0 aliphatic carbocycles. The average Bonchev–Trinajstić information content (AvgIpc) is 2.55. The highest BCUT2D eigenvalue weighted by Crippen LogP contribution is 2.33. The van der Waals surface area contributed by atoms with Crippen molar-refractivity contribution in [3.8, 4) is 0 Å². The van der Waals surface area contributed by atoms with Crippen molar-refractivity contribution in [2.24, 2.45) is 5.92 Å². The molecule has 1 aliphatic heterocycles. The van der Waals surface area contributed by atoms with Crippen LogP contribution in [0.25, 0.3) is 0 Å². The number of hydrogen-bond acceptors (Lipinski definition) is 5. The maximum atomic E-state index is 11.5. The van der Waals surface area contributed by atoms with Crippen molar-refractivity contribution in [1.29, 1.82) is 0 Å². The van der Waals surface area contributed by atoms with E-state index in [0.717, 1.165) is 12.7 Å². The van der Waals surface area contributed by atoms with E-state index in [1.807, 2.05) is 6.92 Å². The second-order valence-electron chi connectivity index (χ2n) is 11.0. The van der Waals surface area contributed by atoms with Crippen molar-refractivity contribution >= 4 is 35.6 Å². The molecule has 1 fully saturated rings. The molecule has 0 bridgehead atoms. The Labute approximate surface area is 186 Å². The minimum absolute atomic E-state index is 0.0757. The largest absolute Gasteiger partial charge is 0.414 e. The van der Waals surface area contributed by atoms with E-state index in [9.17, 15) is 4.79 Å². The summed E-state index contributed by atoms with van der Waals surface area (Å²) in [7, 11) is 1.09. The lowest BCUT2D eigenvalue weighted by Gasteiger charge is -2.44. The number of carbonyl (C=O) groups is 1. The topological polar surface area (TPSA) is 54.0 Å². The molecule has 5 nitrogen and oxygen atoms in total. The van der Waals surface area contributed by atoms with Crippen LogP contribution < -0.4 is 0 Å². The highest BCUT2D eigenvalue weighted by atomic mass is 28.2. The Morgan fingerprint density at radius 1 is 0.897 bits per heavy atom. The van der Waals surface area contributed by atoms with Crippen LogP contribution in [-0.2, 0) is 22.8 Å². The Morgan fingerprint density at radius 2 is 1.38 bits per heavy atom. The van der Waals surface area contributed by atoms with E-state index in [1.54, 1.807) is 0 Å². The highest BCUT2D eigenvalue weighted by Gasteiger charge is 2.42. The van der Waals surface area contributed by atoms with E-state index in [4.69, 9.17) is 18.0 Å². The van der Waals surface area contributed by atoms with Gasteiger partial charge in [-0.1, -0.05) is 69.2 Å². The molecule has 0 aromatic heterocycles. The Morgan fingerprint density at radius 3 is 1.83 bits per heavy atom. The first-order valence-electron chi connectivity index (χ1n) is 10.5. The molecule has 1 saturated heterocycles. The Bertz CT molecular complexity index is 496. The second kappa shape index (κ2) is 11.2. The summed E-state index contributed by atoms with van der Waals surface area (Å²) < 4.78 is 25.0. The minimum atomic E-state index is -0.272. The molecule has 0 aromatic rings. The lowest BCUT2D eigenvalue weighted by atomic mass is 9.92. The fourth-order valence-corrected chi connectivity index (χ4v) is 4.83. The van der Waals surface area contributed by atoms with Crippen LogP contribution >= 0.6 is 0 Å². The summed E-state index contributed by atoms with van der Waals surface area (Å²) >= 11 is 0. The lowest BCUT2D eigenvalue weighted by molar-refractivity contribution is -0.179. The third-order valence-corrected chi connectivity index (χ3v) is 6.96. The van der Waals surface area contributed by atoms with Crippen molar-refractivity contribution in [3.63, 3.8) is 0 Å². The van der Waals surface area contributed by atoms with Gasteiger partial charge in [0, 0.05) is 12.3 Å². The van der Waals surface area contributed by atoms with Gasteiger partial charge in [-0.2, -0.15) is 0 Å². The van der Waals surface area contributed by atoms with E-state index in [0.29, 0.717) is 35.9 Å². The molecular weight excluding hydrogens is 416 g/mol. The third-order valence-electron chi connectivity index (χ3n) is 3.97. The van der Waals surface area contributed by atoms with Crippen LogP contribution in [0, 0.1) is 5.92 Å². The predicted molar refractivity (Wildman–Crippen MR) is 121 cm³/mol. The van der Waals surface area contributed by atoms with Crippen LogP contribution in [-0.4, -0.2) is 66.6 Å². The van der Waals surface area contributed by atoms with Gasteiger partial charge in [0.15, 0.2) is 0 Å². The smallest absolute Gasteiger partial charge is 0.236 e. The molecule has 6 radical (unpaired) electrons. The van der Waals surface area contributed by atoms with E-state index in [-0.39, 0.29) is 45.4 Å². The second-order valence-corrected chi connectivity index (χ2v) is 16.9. The molecule has 5 atom stereocenters. The molecule has 0 unspecified atom stereocenters. The fraction of sp³-hybridized carbons (Fsp3) is 0.952. The Balaban J connectivity index is 2.93. The van der Waals surface area contributed by atoms with Crippen molar-refractivity contribution in [2.75, 3.05) is 6.61 Å². The molecule has 29 heavy (non-hydrogen) atoms. The number of ether oxygens (including phenoxy) is 1. The first-order valence-corrected chi connectivity index (χ1v) is 13.2. The highest BCUT2D eigenvalue weighted by molar-refractivity contribution is 6.32. The Hall–Kier alpha value is 0.161. The summed E-state index contributed by atoms with van der Waals surface area (Å²) in [5.74, 6) is -0.233. The molecule has 0 amide bonds. The summed E-state index contributed by atoms with van der Waals surface area (Å²) in [6.07, 6.45) is 0.984. The van der Waals surface area contributed by atoms with E-state index in [2.05, 4.69) is 62.3 Å². The maximum absolute atomic E-state index is 11.5. The number of aldehydes is 1. The van der Waals surface area contributed by atoms with Crippen LogP contribution in [0.5, 0.6) is 0 Å². The Kier molecular flexibility index (Phi) is 10.5. The lowest BCUT2D eigenvalue weighted by Crippen LogP contribution is -2.54. The van der Waals surface area contributed by atoms with Crippen LogP contribution in [0.1, 0.15) is 75.7 Å². The monoisotopic (exact) mass is 456 g/mol. The molecule has 1 aliphatic rings. The molecule has 0 spiro atoms. The van der Waals surface area contributed by atoms with Gasteiger partial charge in [0.2, 0.25) is 29.3 Å². The quantitative estimate of drug-likeness (QED) is 0.383. The molecule has 0 aromatic carbocycles. The van der Waals surface area contributed by atoms with Crippen LogP contribution in [0.3, 0.4) is 0 Å². The summed E-state index contributed by atoms with van der Waals surface area (Å²) in [5.41, 5.74) is 0. The van der Waals surface area contributed by atoms with Crippen LogP contribution in [0.15, 0.2) is 0 Å². The van der Waals surface area contributed by atoms with E-state index in [1.165, 1.54) is 0 Å². The number of rotatable bonds is 9. The van der Waals surface area contributed by atoms with Gasteiger partial charge >= 0.3 is 0 Å². The van der Waals surface area contributed by atoms with Gasteiger partial charge < -0.3 is 22.8 Å². The third kappa shape index (κ3) is 11.4. The first-order chi connectivity index (χ1) is 13.1. The molecule has 166 valence electrons. The van der Waals surface area contributed by atoms with Gasteiger partial charge in [-0.25, -0.2) is 0 Å². The standard InChI is InChI=1S/C21H40O5Si3/c1-14(12-22)18-16(26-29-21(8,9)10)11-15(25-28-20(5,6)7)17(24-18)13-23-27-19(2,3)4/h12,14-18H,11,13H2,1-10H3/t14-,15-,16+,17-,18-/m1/s1. The average molecular weight is 457 g/mol. The van der Waals surface area contributed by atoms with Crippen LogP contribution in [0.4, 0.5) is 0 Å². The summed E-state index contributed by atoms with van der Waals surface area (Å²) in [6, 6.07) is 0. The fourth-order valence-electron chi connectivity index (χ4n) is 2.66. The summed E-state index contributed by atoms with van der Waals surface area (Å²) in [5, 5.41) is 0.286. The zero-order valence-electron chi connectivity index (χ0n) is 19.9. The van der Waals surface area contributed by atoms with Gasteiger partial charge in [-0.15, -0.1) is 0 Å². The van der Waals surface area contributed by atoms with Gasteiger partial charge in [-0.05, 0) is 15.1 Å². The van der Waals surface area contributed by atoms with Crippen molar-refractivity contribution < 1.29 is 22.8 Å². The van der Waals surface area contributed by atoms with Crippen molar-refractivity contribution in [2.45, 2.75) is 115 Å². The minimum Gasteiger partial charge on any atom is -0.414 e. The van der Waals surface area contributed by atoms with Crippen LogP contribution in [0.2, 0.25) is 15.1 Å². The molecule has 1 rings (SSSR count). The molecule has 1 heterocycles. The molecular formula is C21H40O5Si3. The number of carbonyl (C=O) groups excluding carboxylic acids is 1. The zero-order valence-corrected chi connectivity index (χ0v) is 22.9. The molecule has 0 N–H and O–H groups in total. The normalized spacial score (nSPS) is 27.7.